The highest BCUT2D eigenvalue weighted by atomic mass is 16.5. The number of aliphatic imine (C=N–C) groups is 1. The highest BCUT2D eigenvalue weighted by Crippen LogP contribution is 2.34. The normalized spacial score (nSPS) is 17.3. The Morgan fingerprint density at radius 2 is 1.80 bits per heavy atom. The van der Waals surface area contributed by atoms with E-state index in [1.165, 1.54) is 5.56 Å². The number of amidine groups is 1. The third-order valence-corrected chi connectivity index (χ3v) is 6.92. The molecule has 35 heavy (non-hydrogen) atoms. The first-order chi connectivity index (χ1) is 16.9. The van der Waals surface area contributed by atoms with E-state index in [-0.39, 0.29) is 5.54 Å². The Labute approximate surface area is 206 Å². The maximum atomic E-state index is 5.89. The van der Waals surface area contributed by atoms with Crippen molar-refractivity contribution in [1.29, 1.82) is 0 Å². The molecule has 0 aliphatic carbocycles. The quantitative estimate of drug-likeness (QED) is 0.342. The average molecular weight is 463 g/mol. The van der Waals surface area contributed by atoms with Gasteiger partial charge < -0.3 is 15.0 Å². The lowest BCUT2D eigenvalue weighted by atomic mass is 9.90. The summed E-state index contributed by atoms with van der Waals surface area (Å²) in [5.74, 6) is 2.66. The second-order valence-electron chi connectivity index (χ2n) is 9.23. The van der Waals surface area contributed by atoms with Crippen LogP contribution in [0.3, 0.4) is 0 Å². The van der Waals surface area contributed by atoms with Crippen LogP contribution in [0.15, 0.2) is 96.6 Å². The number of hydrogen-bond acceptors (Lipinski definition) is 5. The summed E-state index contributed by atoms with van der Waals surface area (Å²) in [6.07, 6.45) is 1.90. The molecule has 1 N–H and O–H groups in total. The van der Waals surface area contributed by atoms with Gasteiger partial charge in [-0.15, -0.1) is 0 Å². The van der Waals surface area contributed by atoms with Gasteiger partial charge in [-0.25, -0.2) is 4.98 Å². The summed E-state index contributed by atoms with van der Waals surface area (Å²) in [4.78, 5) is 11.5. The van der Waals surface area contributed by atoms with Gasteiger partial charge in [0.15, 0.2) is 0 Å². The Hall–Kier alpha value is -4.12. The molecule has 5 nitrogen and oxygen atoms in total. The van der Waals surface area contributed by atoms with Crippen molar-refractivity contribution in [2.45, 2.75) is 26.0 Å². The molecule has 0 radical (unpaired) electrons. The molecule has 1 aliphatic heterocycles. The van der Waals surface area contributed by atoms with Crippen molar-refractivity contribution in [2.24, 2.45) is 4.99 Å². The molecule has 0 saturated heterocycles. The van der Waals surface area contributed by atoms with Gasteiger partial charge in [0, 0.05) is 24.3 Å². The molecule has 2 heterocycles. The number of fused-ring (bicyclic) bond motifs is 1. The van der Waals surface area contributed by atoms with E-state index in [4.69, 9.17) is 4.74 Å². The van der Waals surface area contributed by atoms with Crippen LogP contribution in [-0.4, -0.2) is 29.3 Å². The molecule has 0 bridgehead atoms. The van der Waals surface area contributed by atoms with E-state index < -0.39 is 0 Å². The monoisotopic (exact) mass is 462 g/mol. The zero-order valence-corrected chi connectivity index (χ0v) is 20.5. The maximum Gasteiger partial charge on any atom is 0.130 e. The first kappa shape index (κ1) is 22.7. The molecule has 0 amide bonds. The smallest absolute Gasteiger partial charge is 0.130 e. The number of likely N-dealkylation sites (N-methyl/N-ethyl adjacent to an activating group) is 1. The molecule has 3 aromatic carbocycles. The largest absolute Gasteiger partial charge is 0.489 e. The lowest BCUT2D eigenvalue weighted by molar-refractivity contribution is 0.268. The summed E-state index contributed by atoms with van der Waals surface area (Å²) in [6.45, 7) is 9.83. The highest BCUT2D eigenvalue weighted by Gasteiger charge is 2.36. The number of nitrogens with one attached hydrogen (secondary N) is 1. The minimum Gasteiger partial charge on any atom is -0.489 e. The SMILES string of the molecule is C=C(Nc1cc2cc(C3(C)CN=C(C)N3C)ccc2cn1)c1ccc(OCc2ccccc2)cc1. The number of rotatable bonds is 7. The van der Waals surface area contributed by atoms with Crippen LogP contribution < -0.4 is 10.1 Å². The second kappa shape index (κ2) is 9.26. The topological polar surface area (TPSA) is 49.8 Å². The number of benzene rings is 3. The maximum absolute atomic E-state index is 5.89. The summed E-state index contributed by atoms with van der Waals surface area (Å²) in [7, 11) is 2.11. The third-order valence-electron chi connectivity index (χ3n) is 6.92. The standard InChI is InChI=1S/C30H30N4O/c1-21(24-11-14-28(15-12-24)35-19-23-8-6-5-7-9-23)33-29-17-26-16-27(13-10-25(26)18-31-29)30(3)20-32-22(2)34(30)4/h5-18H,1,19-20H2,2-4H3,(H,31,33). The van der Waals surface area contributed by atoms with Crippen LogP contribution >= 0.6 is 0 Å². The van der Waals surface area contributed by atoms with Crippen molar-refractivity contribution >= 4 is 28.1 Å². The Morgan fingerprint density at radius 3 is 2.51 bits per heavy atom. The van der Waals surface area contributed by atoms with Crippen LogP contribution in [0.25, 0.3) is 16.5 Å². The summed E-state index contributed by atoms with van der Waals surface area (Å²) in [6, 6.07) is 26.7. The van der Waals surface area contributed by atoms with Crippen LogP contribution in [0.1, 0.15) is 30.5 Å². The van der Waals surface area contributed by atoms with Gasteiger partial charge in [0.2, 0.25) is 0 Å². The highest BCUT2D eigenvalue weighted by molar-refractivity contribution is 5.87. The molecular formula is C30H30N4O. The van der Waals surface area contributed by atoms with Crippen molar-refractivity contribution in [3.63, 3.8) is 0 Å². The van der Waals surface area contributed by atoms with Gasteiger partial charge in [-0.05, 0) is 72.3 Å². The van der Waals surface area contributed by atoms with Crippen LogP contribution in [0, 0.1) is 0 Å². The Balaban J connectivity index is 1.28. The molecule has 1 atom stereocenters. The summed E-state index contributed by atoms with van der Waals surface area (Å²) in [5, 5.41) is 5.60. The van der Waals surface area contributed by atoms with Crippen molar-refractivity contribution in [2.75, 3.05) is 18.9 Å². The fourth-order valence-corrected chi connectivity index (χ4v) is 4.39. The fraction of sp³-hybridized carbons (Fsp3) is 0.200. The van der Waals surface area contributed by atoms with Crippen LogP contribution in [0.5, 0.6) is 5.75 Å². The first-order valence-corrected chi connectivity index (χ1v) is 11.8. The van der Waals surface area contributed by atoms with Gasteiger partial charge in [0.25, 0.3) is 0 Å². The molecule has 0 saturated carbocycles. The predicted octanol–water partition coefficient (Wildman–Crippen LogP) is 6.48. The van der Waals surface area contributed by atoms with Crippen LogP contribution in [0.4, 0.5) is 5.82 Å². The lowest BCUT2D eigenvalue weighted by Gasteiger charge is -2.34. The van der Waals surface area contributed by atoms with E-state index in [0.717, 1.165) is 51.5 Å². The van der Waals surface area contributed by atoms with Crippen molar-refractivity contribution in [3.05, 3.63) is 108 Å². The molecule has 1 aliphatic rings. The average Bonchev–Trinajstić information content (AvgIpc) is 3.16. The van der Waals surface area contributed by atoms with E-state index in [1.54, 1.807) is 0 Å². The van der Waals surface area contributed by atoms with Gasteiger partial charge >= 0.3 is 0 Å². The fourth-order valence-electron chi connectivity index (χ4n) is 4.39. The van der Waals surface area contributed by atoms with Crippen LogP contribution in [-0.2, 0) is 12.1 Å². The Bertz CT molecular complexity index is 1400. The molecule has 5 rings (SSSR count). The van der Waals surface area contributed by atoms with E-state index in [9.17, 15) is 0 Å². The van der Waals surface area contributed by atoms with E-state index in [1.807, 2.05) is 48.7 Å². The van der Waals surface area contributed by atoms with Gasteiger partial charge in [0.05, 0.1) is 17.9 Å². The number of hydrogen-bond donors (Lipinski definition) is 1. The number of nitrogens with zero attached hydrogens (tertiary/aromatic N) is 3. The molecule has 1 aromatic heterocycles. The molecule has 0 fully saturated rings. The Kier molecular flexibility index (Phi) is 6.00. The molecule has 0 spiro atoms. The number of ether oxygens (including phenoxy) is 1. The minimum atomic E-state index is -0.136. The third kappa shape index (κ3) is 4.62. The summed E-state index contributed by atoms with van der Waals surface area (Å²) < 4.78 is 5.89. The molecule has 1 unspecified atom stereocenters. The predicted molar refractivity (Wildman–Crippen MR) is 145 cm³/mol. The van der Waals surface area contributed by atoms with Gasteiger partial charge in [-0.1, -0.05) is 49.0 Å². The number of anilines is 1. The first-order valence-electron chi connectivity index (χ1n) is 11.8. The van der Waals surface area contributed by atoms with E-state index >= 15 is 0 Å². The number of pyridine rings is 1. The zero-order valence-electron chi connectivity index (χ0n) is 20.5. The Morgan fingerprint density at radius 1 is 1.03 bits per heavy atom. The van der Waals surface area contributed by atoms with Crippen LogP contribution in [0.2, 0.25) is 0 Å². The summed E-state index contributed by atoms with van der Waals surface area (Å²) in [5.41, 5.74) is 4.03. The molecule has 176 valence electrons. The molecular weight excluding hydrogens is 432 g/mol. The van der Waals surface area contributed by atoms with Crippen molar-refractivity contribution in [1.82, 2.24) is 9.88 Å². The van der Waals surface area contributed by atoms with Gasteiger partial charge in [0.1, 0.15) is 18.2 Å². The zero-order chi connectivity index (χ0) is 24.4. The van der Waals surface area contributed by atoms with Crippen molar-refractivity contribution in [3.8, 4) is 5.75 Å². The molecule has 4 aromatic rings. The van der Waals surface area contributed by atoms with Gasteiger partial charge in [-0.2, -0.15) is 0 Å². The van der Waals surface area contributed by atoms with E-state index in [0.29, 0.717) is 6.61 Å². The minimum absolute atomic E-state index is 0.136. The summed E-state index contributed by atoms with van der Waals surface area (Å²) >= 11 is 0. The van der Waals surface area contributed by atoms with Crippen molar-refractivity contribution < 1.29 is 4.74 Å². The molecule has 5 heteroatoms. The van der Waals surface area contributed by atoms with E-state index in [2.05, 4.69) is 84.1 Å². The lowest BCUT2D eigenvalue weighted by Crippen LogP contribution is -2.41. The number of aromatic nitrogens is 1. The van der Waals surface area contributed by atoms with Gasteiger partial charge in [-0.3, -0.25) is 4.99 Å². The second-order valence-corrected chi connectivity index (χ2v) is 9.23.